The lowest BCUT2D eigenvalue weighted by Gasteiger charge is -2.18. The molecule has 0 unspecified atom stereocenters. The number of carboxylic acid groups (broad SMARTS) is 1. The number of carbonyl (C=O) groups excluding carboxylic acids is 1. The molecule has 0 aliphatic carbocycles. The maximum Gasteiger partial charge on any atom is 0.337 e. The van der Waals surface area contributed by atoms with Crippen molar-refractivity contribution in [3.63, 3.8) is 0 Å². The molecule has 19 heavy (non-hydrogen) atoms. The van der Waals surface area contributed by atoms with Crippen molar-refractivity contribution in [2.75, 3.05) is 30.7 Å². The number of hydrogen-bond acceptors (Lipinski definition) is 5. The second-order valence-corrected chi connectivity index (χ2v) is 3.88. The van der Waals surface area contributed by atoms with E-state index in [9.17, 15) is 9.59 Å². The maximum absolute atomic E-state index is 11.8. The number of nitrogens with one attached hydrogen (secondary N) is 1. The SMILES string of the molecule is CCN(CC)C(=O)CNc1cc(C(=O)O)c(N)cn1. The first kappa shape index (κ1) is 14.7. The summed E-state index contributed by atoms with van der Waals surface area (Å²) in [7, 11) is 0. The van der Waals surface area contributed by atoms with E-state index in [1.165, 1.54) is 12.3 Å². The summed E-state index contributed by atoms with van der Waals surface area (Å²) < 4.78 is 0. The average Bonchev–Trinajstić information content (AvgIpc) is 2.38. The van der Waals surface area contributed by atoms with Crippen LogP contribution in [0.4, 0.5) is 11.5 Å². The third-order valence-electron chi connectivity index (χ3n) is 2.70. The number of rotatable bonds is 6. The number of hydrogen-bond donors (Lipinski definition) is 3. The van der Waals surface area contributed by atoms with Gasteiger partial charge in [-0.2, -0.15) is 0 Å². The van der Waals surface area contributed by atoms with Crippen molar-refractivity contribution < 1.29 is 14.7 Å². The van der Waals surface area contributed by atoms with Crippen LogP contribution in [0.1, 0.15) is 24.2 Å². The van der Waals surface area contributed by atoms with Gasteiger partial charge in [-0.1, -0.05) is 0 Å². The first-order chi connectivity index (χ1) is 8.99. The van der Waals surface area contributed by atoms with Gasteiger partial charge >= 0.3 is 5.97 Å². The minimum Gasteiger partial charge on any atom is -0.478 e. The highest BCUT2D eigenvalue weighted by atomic mass is 16.4. The van der Waals surface area contributed by atoms with E-state index in [-0.39, 0.29) is 23.7 Å². The van der Waals surface area contributed by atoms with E-state index in [4.69, 9.17) is 10.8 Å². The van der Waals surface area contributed by atoms with Crippen molar-refractivity contribution in [3.05, 3.63) is 17.8 Å². The van der Waals surface area contributed by atoms with Crippen LogP contribution in [0.3, 0.4) is 0 Å². The second-order valence-electron chi connectivity index (χ2n) is 3.88. The molecule has 0 atom stereocenters. The second kappa shape index (κ2) is 6.58. The van der Waals surface area contributed by atoms with Crippen LogP contribution in [-0.4, -0.2) is 46.5 Å². The summed E-state index contributed by atoms with van der Waals surface area (Å²) in [6.07, 6.45) is 1.26. The molecular weight excluding hydrogens is 248 g/mol. The van der Waals surface area contributed by atoms with Gasteiger partial charge in [0.15, 0.2) is 0 Å². The molecule has 4 N–H and O–H groups in total. The van der Waals surface area contributed by atoms with Gasteiger partial charge in [0, 0.05) is 13.1 Å². The van der Waals surface area contributed by atoms with Crippen molar-refractivity contribution in [1.29, 1.82) is 0 Å². The Balaban J connectivity index is 2.71. The number of nitrogens with zero attached hydrogens (tertiary/aromatic N) is 2. The highest BCUT2D eigenvalue weighted by Gasteiger charge is 2.12. The molecule has 7 heteroatoms. The fraction of sp³-hybridized carbons (Fsp3) is 0.417. The number of likely N-dealkylation sites (N-methyl/N-ethyl adjacent to an activating group) is 1. The average molecular weight is 266 g/mol. The Labute approximate surface area is 111 Å². The van der Waals surface area contributed by atoms with Gasteiger partial charge in [-0.3, -0.25) is 4.79 Å². The quantitative estimate of drug-likeness (QED) is 0.697. The standard InChI is InChI=1S/C12H18N4O3/c1-3-16(4-2)11(17)7-15-10-5-8(12(18)19)9(13)6-14-10/h5-6H,3-4,7,13H2,1-2H3,(H,14,15)(H,18,19). The number of aromatic carboxylic acids is 1. The Hall–Kier alpha value is -2.31. The molecule has 1 aromatic rings. The summed E-state index contributed by atoms with van der Waals surface area (Å²) in [5.74, 6) is -0.884. The molecule has 0 saturated carbocycles. The lowest BCUT2D eigenvalue weighted by atomic mass is 10.2. The number of carbonyl (C=O) groups is 2. The molecular formula is C12H18N4O3. The van der Waals surface area contributed by atoms with Crippen LogP contribution in [0, 0.1) is 0 Å². The first-order valence-corrected chi connectivity index (χ1v) is 6.00. The molecule has 1 rings (SSSR count). The topological polar surface area (TPSA) is 109 Å². The molecule has 0 aromatic carbocycles. The van der Waals surface area contributed by atoms with E-state index in [1.807, 2.05) is 13.8 Å². The van der Waals surface area contributed by atoms with Crippen molar-refractivity contribution in [2.45, 2.75) is 13.8 Å². The summed E-state index contributed by atoms with van der Waals surface area (Å²) in [6, 6.07) is 1.31. The van der Waals surface area contributed by atoms with Crippen LogP contribution in [0.5, 0.6) is 0 Å². The smallest absolute Gasteiger partial charge is 0.337 e. The van der Waals surface area contributed by atoms with E-state index < -0.39 is 5.97 Å². The molecule has 1 heterocycles. The zero-order valence-electron chi connectivity index (χ0n) is 11.0. The Bertz CT molecular complexity index is 472. The third kappa shape index (κ3) is 3.84. The highest BCUT2D eigenvalue weighted by Crippen LogP contribution is 2.14. The van der Waals surface area contributed by atoms with Gasteiger partial charge < -0.3 is 21.1 Å². The number of carboxylic acids is 1. The summed E-state index contributed by atoms with van der Waals surface area (Å²) in [6.45, 7) is 5.12. The van der Waals surface area contributed by atoms with Gasteiger partial charge in [0.1, 0.15) is 5.82 Å². The van der Waals surface area contributed by atoms with Crippen LogP contribution in [0.15, 0.2) is 12.3 Å². The predicted octanol–water partition coefficient (Wildman–Crippen LogP) is 0.642. The Kier molecular flexibility index (Phi) is 5.11. The minimum absolute atomic E-state index is 0.0345. The fourth-order valence-corrected chi connectivity index (χ4v) is 1.60. The van der Waals surface area contributed by atoms with Crippen molar-refractivity contribution in [2.24, 2.45) is 0 Å². The van der Waals surface area contributed by atoms with Crippen molar-refractivity contribution in [3.8, 4) is 0 Å². The monoisotopic (exact) mass is 266 g/mol. The highest BCUT2D eigenvalue weighted by molar-refractivity contribution is 5.94. The van der Waals surface area contributed by atoms with Crippen LogP contribution >= 0.6 is 0 Å². The number of pyridine rings is 1. The molecule has 0 spiro atoms. The molecule has 0 fully saturated rings. The summed E-state index contributed by atoms with van der Waals surface area (Å²) in [4.78, 5) is 28.3. The van der Waals surface area contributed by atoms with E-state index >= 15 is 0 Å². The normalized spacial score (nSPS) is 10.0. The van der Waals surface area contributed by atoms with E-state index in [0.717, 1.165) is 0 Å². The van der Waals surface area contributed by atoms with Crippen LogP contribution in [0.25, 0.3) is 0 Å². The number of amides is 1. The first-order valence-electron chi connectivity index (χ1n) is 6.00. The van der Waals surface area contributed by atoms with Gasteiger partial charge in [-0.15, -0.1) is 0 Å². The lowest BCUT2D eigenvalue weighted by molar-refractivity contribution is -0.128. The van der Waals surface area contributed by atoms with E-state index in [2.05, 4.69) is 10.3 Å². The van der Waals surface area contributed by atoms with E-state index in [1.54, 1.807) is 4.90 Å². The molecule has 104 valence electrons. The number of nitrogens with two attached hydrogens (primary N) is 1. The molecule has 0 bridgehead atoms. The van der Waals surface area contributed by atoms with Gasteiger partial charge in [-0.05, 0) is 19.9 Å². The largest absolute Gasteiger partial charge is 0.478 e. The third-order valence-corrected chi connectivity index (χ3v) is 2.70. The predicted molar refractivity (Wildman–Crippen MR) is 72.0 cm³/mol. The molecule has 1 aromatic heterocycles. The maximum atomic E-state index is 11.8. The summed E-state index contributed by atoms with van der Waals surface area (Å²) in [5, 5.41) is 11.7. The van der Waals surface area contributed by atoms with Crippen LogP contribution in [-0.2, 0) is 4.79 Å². The van der Waals surface area contributed by atoms with Gasteiger partial charge in [-0.25, -0.2) is 9.78 Å². The Morgan fingerprint density at radius 2 is 2.05 bits per heavy atom. The zero-order valence-corrected chi connectivity index (χ0v) is 11.0. The van der Waals surface area contributed by atoms with Crippen LogP contribution in [0.2, 0.25) is 0 Å². The summed E-state index contributed by atoms with van der Waals surface area (Å²) in [5.41, 5.74) is 5.55. The molecule has 0 aliphatic heterocycles. The zero-order chi connectivity index (χ0) is 14.4. The van der Waals surface area contributed by atoms with Gasteiger partial charge in [0.25, 0.3) is 0 Å². The lowest BCUT2D eigenvalue weighted by Crippen LogP contribution is -2.35. The Morgan fingerprint density at radius 1 is 1.42 bits per heavy atom. The van der Waals surface area contributed by atoms with Gasteiger partial charge in [0.05, 0.1) is 24.0 Å². The molecule has 0 radical (unpaired) electrons. The molecule has 0 aliphatic rings. The number of aromatic nitrogens is 1. The molecule has 7 nitrogen and oxygen atoms in total. The number of anilines is 2. The fourth-order valence-electron chi connectivity index (χ4n) is 1.60. The molecule has 1 amide bonds. The van der Waals surface area contributed by atoms with E-state index in [0.29, 0.717) is 18.9 Å². The Morgan fingerprint density at radius 3 is 2.58 bits per heavy atom. The van der Waals surface area contributed by atoms with Gasteiger partial charge in [0.2, 0.25) is 5.91 Å². The van der Waals surface area contributed by atoms with Crippen molar-refractivity contribution in [1.82, 2.24) is 9.88 Å². The van der Waals surface area contributed by atoms with Crippen LogP contribution < -0.4 is 11.1 Å². The number of nitrogen functional groups attached to an aromatic ring is 1. The molecule has 0 saturated heterocycles. The minimum atomic E-state index is -1.13. The summed E-state index contributed by atoms with van der Waals surface area (Å²) >= 11 is 0. The van der Waals surface area contributed by atoms with Crippen molar-refractivity contribution >= 4 is 23.4 Å².